The molecule has 2 aliphatic heterocycles. The van der Waals surface area contributed by atoms with Crippen LogP contribution in [0.4, 0.5) is 5.69 Å². The molecule has 1 saturated heterocycles. The quantitative estimate of drug-likeness (QED) is 0.905. The van der Waals surface area contributed by atoms with Gasteiger partial charge in [0.2, 0.25) is 10.0 Å². The third-order valence-electron chi connectivity index (χ3n) is 3.94. The maximum Gasteiger partial charge on any atom is 0.335 e. The first kappa shape index (κ1) is 14.3. The van der Waals surface area contributed by atoms with Gasteiger partial charge >= 0.3 is 5.97 Å². The molecule has 1 aromatic carbocycles. The smallest absolute Gasteiger partial charge is 0.335 e. The average molecular weight is 311 g/mol. The number of benzene rings is 1. The van der Waals surface area contributed by atoms with Crippen LogP contribution in [0.2, 0.25) is 0 Å². The zero-order valence-electron chi connectivity index (χ0n) is 11.5. The fraction of sp³-hybridized carbons (Fsp3) is 0.500. The number of carboxylic acids is 1. The second-order valence-corrected chi connectivity index (χ2v) is 7.32. The molecular formula is C14H17NO5S. The lowest BCUT2D eigenvalue weighted by Crippen LogP contribution is -2.35. The van der Waals surface area contributed by atoms with E-state index in [0.29, 0.717) is 25.3 Å². The summed E-state index contributed by atoms with van der Waals surface area (Å²) in [4.78, 5) is 11.0. The van der Waals surface area contributed by atoms with Crippen LogP contribution in [0.3, 0.4) is 0 Å². The lowest BCUT2D eigenvalue weighted by atomic mass is 10.1. The normalized spacial score (nSPS) is 21.5. The first-order valence-corrected chi connectivity index (χ1v) is 8.56. The van der Waals surface area contributed by atoms with Crippen LogP contribution in [0, 0.1) is 0 Å². The molecule has 0 amide bonds. The molecule has 7 heteroatoms. The Morgan fingerprint density at radius 1 is 1.43 bits per heavy atom. The van der Waals surface area contributed by atoms with E-state index in [4.69, 9.17) is 9.84 Å². The van der Waals surface area contributed by atoms with Gasteiger partial charge in [0.25, 0.3) is 0 Å². The molecule has 1 unspecified atom stereocenters. The van der Waals surface area contributed by atoms with Crippen molar-refractivity contribution in [1.82, 2.24) is 0 Å². The number of carbonyl (C=O) groups is 1. The topological polar surface area (TPSA) is 83.9 Å². The van der Waals surface area contributed by atoms with Gasteiger partial charge in [0, 0.05) is 13.2 Å². The second-order valence-electron chi connectivity index (χ2n) is 5.38. The number of fused-ring (bicyclic) bond motifs is 1. The average Bonchev–Trinajstić information content (AvgIpc) is 3.05. The minimum atomic E-state index is -3.43. The van der Waals surface area contributed by atoms with Crippen LogP contribution in [0.25, 0.3) is 0 Å². The predicted molar refractivity (Wildman–Crippen MR) is 77.2 cm³/mol. The van der Waals surface area contributed by atoms with E-state index in [1.165, 1.54) is 10.4 Å². The molecule has 0 aromatic heterocycles. The zero-order valence-corrected chi connectivity index (χ0v) is 12.3. The van der Waals surface area contributed by atoms with Crippen molar-refractivity contribution in [2.45, 2.75) is 25.4 Å². The van der Waals surface area contributed by atoms with E-state index in [2.05, 4.69) is 0 Å². The van der Waals surface area contributed by atoms with Crippen LogP contribution in [0.5, 0.6) is 0 Å². The van der Waals surface area contributed by atoms with Gasteiger partial charge in [-0.15, -0.1) is 0 Å². The lowest BCUT2D eigenvalue weighted by Gasteiger charge is -2.21. The minimum Gasteiger partial charge on any atom is -0.478 e. The minimum absolute atomic E-state index is 0.00682. The van der Waals surface area contributed by atoms with Gasteiger partial charge in [-0.25, -0.2) is 13.2 Å². The molecule has 2 heterocycles. The Balaban J connectivity index is 1.84. The van der Waals surface area contributed by atoms with Crippen molar-refractivity contribution in [3.63, 3.8) is 0 Å². The number of sulfonamides is 1. The highest BCUT2D eigenvalue weighted by Crippen LogP contribution is 2.32. The van der Waals surface area contributed by atoms with Gasteiger partial charge in [0.1, 0.15) is 0 Å². The monoisotopic (exact) mass is 311 g/mol. The van der Waals surface area contributed by atoms with Gasteiger partial charge in [-0.3, -0.25) is 4.31 Å². The summed E-state index contributed by atoms with van der Waals surface area (Å²) in [5.74, 6) is -1.01. The standard InChI is InChI=1S/C14H17NO5S/c16-14(17)11-3-4-13-10(8-11)5-6-15(13)21(18,19)9-12-2-1-7-20-12/h3-4,8,12H,1-2,5-7,9H2,(H,16,17). The Kier molecular flexibility index (Phi) is 3.62. The summed E-state index contributed by atoms with van der Waals surface area (Å²) in [6.45, 7) is 0.992. The van der Waals surface area contributed by atoms with Crippen molar-refractivity contribution in [1.29, 1.82) is 0 Å². The van der Waals surface area contributed by atoms with Crippen LogP contribution >= 0.6 is 0 Å². The van der Waals surface area contributed by atoms with E-state index in [1.54, 1.807) is 12.1 Å². The Morgan fingerprint density at radius 2 is 2.24 bits per heavy atom. The highest BCUT2D eigenvalue weighted by molar-refractivity contribution is 7.92. The van der Waals surface area contributed by atoms with Gasteiger partial charge in [0.05, 0.1) is 23.1 Å². The van der Waals surface area contributed by atoms with Gasteiger partial charge in [-0.05, 0) is 43.0 Å². The van der Waals surface area contributed by atoms with E-state index in [9.17, 15) is 13.2 Å². The number of hydrogen-bond acceptors (Lipinski definition) is 4. The van der Waals surface area contributed by atoms with E-state index in [-0.39, 0.29) is 17.4 Å². The highest BCUT2D eigenvalue weighted by atomic mass is 32.2. The molecule has 1 aromatic rings. The fourth-order valence-electron chi connectivity index (χ4n) is 2.89. The lowest BCUT2D eigenvalue weighted by molar-refractivity contribution is 0.0696. The highest BCUT2D eigenvalue weighted by Gasteiger charge is 2.33. The number of nitrogens with zero attached hydrogens (tertiary/aromatic N) is 1. The first-order chi connectivity index (χ1) is 9.97. The molecular weight excluding hydrogens is 294 g/mol. The van der Waals surface area contributed by atoms with Crippen molar-refractivity contribution >= 4 is 21.7 Å². The van der Waals surface area contributed by atoms with Crippen molar-refractivity contribution in [3.8, 4) is 0 Å². The number of hydrogen-bond donors (Lipinski definition) is 1. The zero-order chi connectivity index (χ0) is 15.0. The first-order valence-electron chi connectivity index (χ1n) is 6.95. The van der Waals surface area contributed by atoms with Crippen molar-refractivity contribution < 1.29 is 23.1 Å². The predicted octanol–water partition coefficient (Wildman–Crippen LogP) is 1.26. The Morgan fingerprint density at radius 3 is 2.90 bits per heavy atom. The molecule has 114 valence electrons. The number of rotatable bonds is 4. The van der Waals surface area contributed by atoms with Crippen LogP contribution in [0.1, 0.15) is 28.8 Å². The number of ether oxygens (including phenoxy) is 1. The third-order valence-corrected chi connectivity index (χ3v) is 5.78. The van der Waals surface area contributed by atoms with Crippen LogP contribution < -0.4 is 4.31 Å². The summed E-state index contributed by atoms with van der Waals surface area (Å²) < 4.78 is 31.8. The van der Waals surface area contributed by atoms with Gasteiger partial charge in [-0.2, -0.15) is 0 Å². The van der Waals surface area contributed by atoms with Crippen LogP contribution in [0.15, 0.2) is 18.2 Å². The van der Waals surface area contributed by atoms with Gasteiger partial charge < -0.3 is 9.84 Å². The number of carboxylic acid groups (broad SMARTS) is 1. The maximum atomic E-state index is 12.5. The molecule has 1 N–H and O–H groups in total. The summed E-state index contributed by atoms with van der Waals surface area (Å²) in [5, 5.41) is 8.98. The molecule has 0 aliphatic carbocycles. The molecule has 1 atom stereocenters. The molecule has 0 radical (unpaired) electrons. The van der Waals surface area contributed by atoms with Gasteiger partial charge in [0.15, 0.2) is 0 Å². The summed E-state index contributed by atoms with van der Waals surface area (Å²) in [5.41, 5.74) is 1.55. The molecule has 0 saturated carbocycles. The van der Waals surface area contributed by atoms with Crippen molar-refractivity contribution in [3.05, 3.63) is 29.3 Å². The summed E-state index contributed by atoms with van der Waals surface area (Å²) >= 11 is 0. The Hall–Kier alpha value is -1.60. The molecule has 6 nitrogen and oxygen atoms in total. The molecule has 0 bridgehead atoms. The SMILES string of the molecule is O=C(O)c1ccc2c(c1)CCN2S(=O)(=O)CC1CCCO1. The Labute approximate surface area is 123 Å². The number of aromatic carboxylic acids is 1. The molecule has 2 aliphatic rings. The van der Waals surface area contributed by atoms with E-state index in [1.807, 2.05) is 0 Å². The molecule has 0 spiro atoms. The summed E-state index contributed by atoms with van der Waals surface area (Å²) in [7, 11) is -3.43. The van der Waals surface area contributed by atoms with Crippen molar-refractivity contribution in [2.75, 3.05) is 23.2 Å². The van der Waals surface area contributed by atoms with E-state index < -0.39 is 16.0 Å². The molecule has 1 fully saturated rings. The van der Waals surface area contributed by atoms with Crippen molar-refractivity contribution in [2.24, 2.45) is 0 Å². The third kappa shape index (κ3) is 2.75. The van der Waals surface area contributed by atoms with Crippen LogP contribution in [-0.2, 0) is 21.2 Å². The molecule has 21 heavy (non-hydrogen) atoms. The molecule has 3 rings (SSSR count). The maximum absolute atomic E-state index is 12.5. The largest absolute Gasteiger partial charge is 0.478 e. The Bertz CT molecular complexity index is 664. The fourth-order valence-corrected chi connectivity index (χ4v) is 4.65. The van der Waals surface area contributed by atoms with E-state index in [0.717, 1.165) is 18.4 Å². The van der Waals surface area contributed by atoms with E-state index >= 15 is 0 Å². The summed E-state index contributed by atoms with van der Waals surface area (Å²) in [6, 6.07) is 4.58. The van der Waals surface area contributed by atoms with Gasteiger partial charge in [-0.1, -0.05) is 0 Å². The second kappa shape index (κ2) is 5.31. The summed E-state index contributed by atoms with van der Waals surface area (Å²) in [6.07, 6.45) is 2.00. The number of anilines is 1. The van der Waals surface area contributed by atoms with Crippen LogP contribution in [-0.4, -0.2) is 44.5 Å².